The predicted octanol–water partition coefficient (Wildman–Crippen LogP) is 9.00. The molecule has 6 rings (SSSR count). The summed E-state index contributed by atoms with van der Waals surface area (Å²) in [6.07, 6.45) is 0. The number of nitrogens with zero attached hydrogens (tertiary/aromatic N) is 2. The predicted molar refractivity (Wildman–Crippen MR) is 157 cm³/mol. The van der Waals surface area contributed by atoms with Gasteiger partial charge in [-0.1, -0.05) is 64.7 Å². The number of aryl methyl sites for hydroxylation is 5. The molecule has 0 unspecified atom stereocenters. The van der Waals surface area contributed by atoms with Gasteiger partial charge < -0.3 is 4.57 Å². The van der Waals surface area contributed by atoms with Gasteiger partial charge in [0.15, 0.2) is 0 Å². The first-order valence-corrected chi connectivity index (χ1v) is 13.0. The Morgan fingerprint density at radius 1 is 0.649 bits per heavy atom. The number of aromatic nitrogens is 2. The van der Waals surface area contributed by atoms with Gasteiger partial charge in [-0.2, -0.15) is 0 Å². The fraction of sp³-hybridized carbons (Fsp3) is 0.206. The molecule has 0 spiro atoms. The van der Waals surface area contributed by atoms with Crippen LogP contribution in [0.3, 0.4) is 0 Å². The molecule has 0 aliphatic carbocycles. The zero-order valence-corrected chi connectivity index (χ0v) is 22.4. The van der Waals surface area contributed by atoms with Crippen LogP contribution in [0.5, 0.6) is 0 Å². The maximum atomic E-state index is 13.4. The zero-order valence-electron chi connectivity index (χ0n) is 22.4. The molecule has 0 N–H and O–H groups in total. The van der Waals surface area contributed by atoms with E-state index >= 15 is 0 Å². The van der Waals surface area contributed by atoms with Crippen molar-refractivity contribution in [2.75, 3.05) is 0 Å². The average molecular weight is 485 g/mol. The third-order valence-corrected chi connectivity index (χ3v) is 7.50. The van der Waals surface area contributed by atoms with Crippen LogP contribution in [0.2, 0.25) is 0 Å². The van der Waals surface area contributed by atoms with Crippen molar-refractivity contribution in [2.45, 2.75) is 48.1 Å². The van der Waals surface area contributed by atoms with E-state index in [0.717, 1.165) is 39.8 Å². The Morgan fingerprint density at radius 2 is 1.22 bits per heavy atom. The maximum absolute atomic E-state index is 13.4. The molecular formula is C34H32N2O. The quantitative estimate of drug-likeness (QED) is 0.246. The molecule has 0 atom stereocenters. The second-order valence-corrected chi connectivity index (χ2v) is 10.5. The summed E-state index contributed by atoms with van der Waals surface area (Å²) in [7, 11) is 0. The number of rotatable bonds is 3. The third-order valence-electron chi connectivity index (χ3n) is 7.50. The van der Waals surface area contributed by atoms with Gasteiger partial charge in [-0.25, -0.2) is 0 Å². The van der Waals surface area contributed by atoms with Gasteiger partial charge in [0, 0.05) is 46.2 Å². The van der Waals surface area contributed by atoms with E-state index in [2.05, 4.69) is 112 Å². The molecular weight excluding hydrogens is 452 g/mol. The van der Waals surface area contributed by atoms with Crippen molar-refractivity contribution in [3.63, 3.8) is 0 Å². The summed E-state index contributed by atoms with van der Waals surface area (Å²) >= 11 is 0. The smallest absolute Gasteiger partial charge is 0.228 e. The molecule has 0 aliphatic heterocycles. The van der Waals surface area contributed by atoms with Crippen molar-refractivity contribution >= 4 is 38.6 Å². The molecule has 0 fully saturated rings. The van der Waals surface area contributed by atoms with E-state index in [1.54, 1.807) is 6.92 Å². The van der Waals surface area contributed by atoms with E-state index in [1.807, 2.05) is 4.57 Å². The van der Waals surface area contributed by atoms with Crippen molar-refractivity contribution < 1.29 is 4.79 Å². The summed E-state index contributed by atoms with van der Waals surface area (Å²) in [5, 5.41) is 3.52. The topological polar surface area (TPSA) is 26.9 Å². The minimum Gasteiger partial charge on any atom is -0.341 e. The minimum absolute atomic E-state index is 0.0216. The lowest BCUT2D eigenvalue weighted by atomic mass is 9.94. The summed E-state index contributed by atoms with van der Waals surface area (Å²) in [5.41, 5.74) is 12.5. The Balaban J connectivity index is 1.87. The summed E-state index contributed by atoms with van der Waals surface area (Å²) in [4.78, 5) is 13.4. The van der Waals surface area contributed by atoms with E-state index in [9.17, 15) is 4.79 Å². The van der Waals surface area contributed by atoms with Crippen molar-refractivity contribution in [3.05, 3.63) is 95.1 Å². The molecule has 0 saturated carbocycles. The van der Waals surface area contributed by atoms with E-state index in [1.165, 1.54) is 44.1 Å². The van der Waals surface area contributed by atoms with Crippen LogP contribution in [0.25, 0.3) is 55.1 Å². The Bertz CT molecular complexity index is 1840. The number of fused-ring (bicyclic) bond motifs is 4. The van der Waals surface area contributed by atoms with Crippen molar-refractivity contribution in [1.82, 2.24) is 9.13 Å². The first-order valence-electron chi connectivity index (χ1n) is 13.0. The molecule has 2 aromatic heterocycles. The Kier molecular flexibility index (Phi) is 5.34. The Hall–Kier alpha value is -4.11. The van der Waals surface area contributed by atoms with Crippen LogP contribution < -0.4 is 0 Å². The summed E-state index contributed by atoms with van der Waals surface area (Å²) in [6, 6.07) is 26.4. The van der Waals surface area contributed by atoms with Gasteiger partial charge in [-0.05, 0) is 76.1 Å². The molecule has 0 bridgehead atoms. The molecule has 3 nitrogen and oxygen atoms in total. The lowest BCUT2D eigenvalue weighted by Gasteiger charge is -2.13. The highest BCUT2D eigenvalue weighted by molar-refractivity contribution is 6.18. The Labute approximate surface area is 218 Å². The monoisotopic (exact) mass is 484 g/mol. The number of benzene rings is 4. The summed E-state index contributed by atoms with van der Waals surface area (Å²) in [5.74, 6) is 0.0216. The molecule has 3 heteroatoms. The molecule has 0 aliphatic rings. The first kappa shape index (κ1) is 23.3. The van der Waals surface area contributed by atoms with Gasteiger partial charge in [0.2, 0.25) is 5.91 Å². The van der Waals surface area contributed by atoms with E-state index in [0.29, 0.717) is 0 Å². The molecule has 4 aromatic carbocycles. The maximum Gasteiger partial charge on any atom is 0.228 e. The largest absolute Gasteiger partial charge is 0.341 e. The zero-order chi connectivity index (χ0) is 26.0. The van der Waals surface area contributed by atoms with Crippen molar-refractivity contribution in [1.29, 1.82) is 0 Å². The number of hydrogen-bond donors (Lipinski definition) is 0. The third kappa shape index (κ3) is 3.61. The standard InChI is InChI=1S/C34H32N2O/c1-7-35-30-11-9-8-10-27(30)28-18-32-29(19-31(28)35)33(25-14-20(2)12-21(3)15-25)34(36(32)24(6)37)26-16-22(4)13-23(5)17-26/h8-19H,7H2,1-6H3. The fourth-order valence-electron chi connectivity index (χ4n) is 6.29. The van der Waals surface area contributed by atoms with Crippen LogP contribution in [0, 0.1) is 27.7 Å². The van der Waals surface area contributed by atoms with E-state index in [4.69, 9.17) is 0 Å². The molecule has 184 valence electrons. The second-order valence-electron chi connectivity index (χ2n) is 10.5. The molecule has 0 amide bonds. The highest BCUT2D eigenvalue weighted by Crippen LogP contribution is 2.44. The van der Waals surface area contributed by atoms with Crippen LogP contribution in [0.15, 0.2) is 72.8 Å². The normalized spacial score (nSPS) is 11.7. The molecule has 2 heterocycles. The molecule has 0 radical (unpaired) electrons. The number of hydrogen-bond acceptors (Lipinski definition) is 1. The fourth-order valence-corrected chi connectivity index (χ4v) is 6.29. The van der Waals surface area contributed by atoms with Crippen LogP contribution >= 0.6 is 0 Å². The van der Waals surface area contributed by atoms with Gasteiger partial charge in [0.25, 0.3) is 0 Å². The van der Waals surface area contributed by atoms with Crippen LogP contribution in [-0.4, -0.2) is 15.0 Å². The highest BCUT2D eigenvalue weighted by Gasteiger charge is 2.25. The van der Waals surface area contributed by atoms with Gasteiger partial charge in [-0.15, -0.1) is 0 Å². The molecule has 37 heavy (non-hydrogen) atoms. The lowest BCUT2D eigenvalue weighted by molar-refractivity contribution is 0.0943. The lowest BCUT2D eigenvalue weighted by Crippen LogP contribution is -2.07. The van der Waals surface area contributed by atoms with Crippen molar-refractivity contribution in [2.24, 2.45) is 0 Å². The van der Waals surface area contributed by atoms with E-state index in [-0.39, 0.29) is 5.91 Å². The van der Waals surface area contributed by atoms with Gasteiger partial charge in [0.1, 0.15) is 0 Å². The van der Waals surface area contributed by atoms with Gasteiger partial charge in [0.05, 0.1) is 11.2 Å². The van der Waals surface area contributed by atoms with Gasteiger partial charge in [-0.3, -0.25) is 9.36 Å². The van der Waals surface area contributed by atoms with Crippen LogP contribution in [-0.2, 0) is 6.54 Å². The van der Waals surface area contributed by atoms with Crippen LogP contribution in [0.4, 0.5) is 0 Å². The summed E-state index contributed by atoms with van der Waals surface area (Å²) < 4.78 is 4.32. The number of para-hydroxylation sites is 1. The van der Waals surface area contributed by atoms with Gasteiger partial charge >= 0.3 is 0 Å². The molecule has 6 aromatic rings. The average Bonchev–Trinajstić information content (AvgIpc) is 3.33. The van der Waals surface area contributed by atoms with Crippen molar-refractivity contribution in [3.8, 4) is 22.4 Å². The SMILES string of the molecule is CCn1c2ccccc2c2cc3c(cc21)c(-c1cc(C)cc(C)c1)c(-c1cc(C)cc(C)c1)n3C(C)=O. The van der Waals surface area contributed by atoms with Crippen LogP contribution in [0.1, 0.15) is 40.9 Å². The van der Waals surface area contributed by atoms with E-state index < -0.39 is 0 Å². The Morgan fingerprint density at radius 3 is 1.81 bits per heavy atom. The highest BCUT2D eigenvalue weighted by atomic mass is 16.1. The first-order chi connectivity index (χ1) is 17.8. The summed E-state index contributed by atoms with van der Waals surface area (Å²) in [6.45, 7) is 13.3. The molecule has 0 saturated heterocycles. The number of carbonyl (C=O) groups is 1. The minimum atomic E-state index is 0.0216. The number of carbonyl (C=O) groups excluding carboxylic acids is 1. The second kappa shape index (κ2) is 8.48.